The summed E-state index contributed by atoms with van der Waals surface area (Å²) in [6.45, 7) is 5.57. The molecule has 150 valence electrons. The molecule has 1 aliphatic rings. The highest BCUT2D eigenvalue weighted by atomic mass is 35.5. The minimum absolute atomic E-state index is 0.0919. The summed E-state index contributed by atoms with van der Waals surface area (Å²) < 4.78 is 5.21. The Morgan fingerprint density at radius 2 is 1.79 bits per heavy atom. The number of quaternary nitrogens is 1. The van der Waals surface area contributed by atoms with Gasteiger partial charge in [-0.3, -0.25) is 4.79 Å². The van der Waals surface area contributed by atoms with Crippen LogP contribution in [-0.2, 0) is 4.79 Å². The Morgan fingerprint density at radius 1 is 1.11 bits per heavy atom. The number of carbonyl (C=O) groups is 1. The molecule has 28 heavy (non-hydrogen) atoms. The molecule has 1 heterocycles. The van der Waals surface area contributed by atoms with Crippen molar-refractivity contribution in [1.29, 1.82) is 0 Å². The van der Waals surface area contributed by atoms with Crippen LogP contribution in [-0.4, -0.2) is 50.6 Å². The van der Waals surface area contributed by atoms with E-state index in [2.05, 4.69) is 17.0 Å². The molecule has 0 saturated carbocycles. The topological polar surface area (TPSA) is 49.4 Å². The predicted molar refractivity (Wildman–Crippen MR) is 113 cm³/mol. The molecule has 3 rings (SSSR count). The number of rotatable bonds is 6. The van der Waals surface area contributed by atoms with Crippen LogP contribution in [0.25, 0.3) is 0 Å². The number of ether oxygens (including phenoxy) is 1. The van der Waals surface area contributed by atoms with Crippen molar-refractivity contribution in [3.05, 3.63) is 58.1 Å². The minimum atomic E-state index is 0.0919. The van der Waals surface area contributed by atoms with Gasteiger partial charge >= 0.3 is 0 Å². The van der Waals surface area contributed by atoms with Gasteiger partial charge in [0.2, 0.25) is 0 Å². The fourth-order valence-corrected chi connectivity index (χ4v) is 3.99. The number of hydrogen-bond acceptors (Lipinski definition) is 3. The van der Waals surface area contributed by atoms with Gasteiger partial charge < -0.3 is 19.9 Å². The van der Waals surface area contributed by atoms with Gasteiger partial charge in [0.05, 0.1) is 12.1 Å². The molecule has 1 amide bonds. The number of halogens is 2. The zero-order chi connectivity index (χ0) is 20.1. The molecular weight excluding hydrogens is 397 g/mol. The summed E-state index contributed by atoms with van der Waals surface area (Å²) in [5, 5.41) is 3.27. The summed E-state index contributed by atoms with van der Waals surface area (Å²) in [5.41, 5.74) is 2.15. The molecule has 0 aliphatic carbocycles. The summed E-state index contributed by atoms with van der Waals surface area (Å²) in [6, 6.07) is 13.6. The third kappa shape index (κ3) is 5.10. The van der Waals surface area contributed by atoms with Gasteiger partial charge in [-0.05, 0) is 43.3 Å². The molecular formula is C21H26Cl2N3O2+. The lowest BCUT2D eigenvalue weighted by Crippen LogP contribution is -2.87. The molecule has 5 nitrogen and oxygen atoms in total. The predicted octanol–water partition coefficient (Wildman–Crippen LogP) is 2.98. The second kappa shape index (κ2) is 9.50. The van der Waals surface area contributed by atoms with Crippen LogP contribution in [0, 0.1) is 0 Å². The second-order valence-electron chi connectivity index (χ2n) is 6.96. The normalized spacial score (nSPS) is 15.4. The van der Waals surface area contributed by atoms with Crippen LogP contribution in [0.4, 0.5) is 5.69 Å². The van der Waals surface area contributed by atoms with Crippen LogP contribution in [0.5, 0.6) is 5.75 Å². The van der Waals surface area contributed by atoms with Crippen molar-refractivity contribution in [2.75, 3.05) is 44.7 Å². The summed E-state index contributed by atoms with van der Waals surface area (Å²) >= 11 is 12.2. The minimum Gasteiger partial charge on any atom is -0.497 e. The zero-order valence-electron chi connectivity index (χ0n) is 16.2. The van der Waals surface area contributed by atoms with E-state index in [1.54, 1.807) is 13.2 Å². The Morgan fingerprint density at radius 3 is 2.39 bits per heavy atom. The molecule has 2 aromatic rings. The van der Waals surface area contributed by atoms with Crippen molar-refractivity contribution in [3.63, 3.8) is 0 Å². The van der Waals surface area contributed by atoms with Crippen LogP contribution >= 0.6 is 23.2 Å². The number of anilines is 1. The lowest BCUT2D eigenvalue weighted by atomic mass is 10.1. The lowest BCUT2D eigenvalue weighted by Gasteiger charge is -2.36. The van der Waals surface area contributed by atoms with Crippen LogP contribution in [0.3, 0.4) is 0 Å². The summed E-state index contributed by atoms with van der Waals surface area (Å²) in [5.74, 6) is 1.01. The van der Waals surface area contributed by atoms with Gasteiger partial charge in [0.1, 0.15) is 11.8 Å². The molecule has 0 unspecified atom stereocenters. The standard InChI is InChI=1S/C21H25Cl2N3O2/c1-15(19-8-3-16(22)13-20(19)23)24-14-21(27)26-11-9-25(10-12-26)17-4-6-18(28-2)7-5-17/h3-8,13,15,24H,9-12,14H2,1-2H3/p+1/t15-/m0/s1. The molecule has 1 atom stereocenters. The van der Waals surface area contributed by atoms with Crippen LogP contribution < -0.4 is 15.0 Å². The molecule has 1 aliphatic heterocycles. The van der Waals surface area contributed by atoms with Crippen molar-refractivity contribution in [2.24, 2.45) is 0 Å². The summed E-state index contributed by atoms with van der Waals surface area (Å²) in [7, 11) is 1.66. The van der Waals surface area contributed by atoms with Gasteiger partial charge in [-0.25, -0.2) is 0 Å². The molecule has 0 aromatic heterocycles. The molecule has 7 heteroatoms. The van der Waals surface area contributed by atoms with Gasteiger partial charge in [0.15, 0.2) is 6.54 Å². The number of nitrogens with zero attached hydrogens (tertiary/aromatic N) is 2. The van der Waals surface area contributed by atoms with Crippen molar-refractivity contribution in [3.8, 4) is 5.75 Å². The quantitative estimate of drug-likeness (QED) is 0.778. The molecule has 0 bridgehead atoms. The largest absolute Gasteiger partial charge is 0.497 e. The highest BCUT2D eigenvalue weighted by molar-refractivity contribution is 6.35. The molecule has 0 radical (unpaired) electrons. The van der Waals surface area contributed by atoms with Gasteiger partial charge in [-0.1, -0.05) is 29.3 Å². The van der Waals surface area contributed by atoms with Crippen molar-refractivity contribution in [1.82, 2.24) is 4.90 Å². The van der Waals surface area contributed by atoms with E-state index in [9.17, 15) is 4.79 Å². The maximum absolute atomic E-state index is 12.6. The summed E-state index contributed by atoms with van der Waals surface area (Å²) in [4.78, 5) is 16.8. The molecule has 2 aromatic carbocycles. The smallest absolute Gasteiger partial charge is 0.277 e. The van der Waals surface area contributed by atoms with E-state index in [0.717, 1.165) is 43.2 Å². The lowest BCUT2D eigenvalue weighted by molar-refractivity contribution is -0.683. The Balaban J connectivity index is 1.48. The van der Waals surface area contributed by atoms with Crippen LogP contribution in [0.2, 0.25) is 10.0 Å². The number of hydrogen-bond donors (Lipinski definition) is 1. The number of benzene rings is 2. The second-order valence-corrected chi connectivity index (χ2v) is 7.80. The first-order valence-corrected chi connectivity index (χ1v) is 10.2. The third-order valence-electron chi connectivity index (χ3n) is 5.17. The maximum atomic E-state index is 12.6. The number of carbonyl (C=O) groups excluding carboxylic acids is 1. The zero-order valence-corrected chi connectivity index (χ0v) is 17.7. The van der Waals surface area contributed by atoms with E-state index in [0.29, 0.717) is 16.6 Å². The molecule has 0 spiro atoms. The van der Waals surface area contributed by atoms with E-state index in [4.69, 9.17) is 27.9 Å². The first-order valence-electron chi connectivity index (χ1n) is 9.43. The molecule has 1 fully saturated rings. The fourth-order valence-electron chi connectivity index (χ4n) is 3.41. The Labute approximate surface area is 176 Å². The van der Waals surface area contributed by atoms with Gasteiger partial charge in [-0.2, -0.15) is 0 Å². The van der Waals surface area contributed by atoms with Crippen molar-refractivity contribution < 1.29 is 14.8 Å². The van der Waals surface area contributed by atoms with E-state index in [-0.39, 0.29) is 11.9 Å². The number of piperazine rings is 1. The van der Waals surface area contributed by atoms with Gasteiger partial charge in [0.25, 0.3) is 5.91 Å². The van der Waals surface area contributed by atoms with Crippen molar-refractivity contribution >= 4 is 34.8 Å². The van der Waals surface area contributed by atoms with Gasteiger partial charge in [0, 0.05) is 42.5 Å². The Hall–Kier alpha value is -1.95. The average molecular weight is 423 g/mol. The summed E-state index contributed by atoms with van der Waals surface area (Å²) in [6.07, 6.45) is 0. The van der Waals surface area contributed by atoms with E-state index in [1.807, 2.05) is 41.4 Å². The fraction of sp³-hybridized carbons (Fsp3) is 0.381. The van der Waals surface area contributed by atoms with Gasteiger partial charge in [-0.15, -0.1) is 0 Å². The monoisotopic (exact) mass is 422 g/mol. The van der Waals surface area contributed by atoms with E-state index < -0.39 is 0 Å². The number of nitrogens with two attached hydrogens (primary N) is 1. The average Bonchev–Trinajstić information content (AvgIpc) is 2.72. The van der Waals surface area contributed by atoms with E-state index >= 15 is 0 Å². The van der Waals surface area contributed by atoms with Crippen LogP contribution in [0.1, 0.15) is 18.5 Å². The van der Waals surface area contributed by atoms with Crippen LogP contribution in [0.15, 0.2) is 42.5 Å². The Kier molecular flexibility index (Phi) is 7.05. The third-order valence-corrected chi connectivity index (χ3v) is 5.73. The molecule has 2 N–H and O–H groups in total. The first kappa shape index (κ1) is 20.8. The SMILES string of the molecule is COc1ccc(N2CCN(C(=O)C[NH2+][C@@H](C)c3ccc(Cl)cc3Cl)CC2)cc1. The highest BCUT2D eigenvalue weighted by Gasteiger charge is 2.23. The maximum Gasteiger partial charge on any atom is 0.277 e. The number of methoxy groups -OCH3 is 1. The van der Waals surface area contributed by atoms with E-state index in [1.165, 1.54) is 0 Å². The highest BCUT2D eigenvalue weighted by Crippen LogP contribution is 2.24. The number of amides is 1. The molecule has 1 saturated heterocycles. The van der Waals surface area contributed by atoms with Crippen molar-refractivity contribution in [2.45, 2.75) is 13.0 Å². The Bertz CT molecular complexity index is 806. The first-order chi connectivity index (χ1) is 13.5.